The minimum Gasteiger partial charge on any atom is -0.399 e. The second-order valence-electron chi connectivity index (χ2n) is 3.71. The Morgan fingerprint density at radius 1 is 1.11 bits per heavy atom. The van der Waals surface area contributed by atoms with E-state index in [2.05, 4.69) is 15.9 Å². The van der Waals surface area contributed by atoms with Crippen molar-refractivity contribution in [3.05, 3.63) is 58.1 Å². The summed E-state index contributed by atoms with van der Waals surface area (Å²) in [6, 6.07) is 9.07. The van der Waals surface area contributed by atoms with Crippen molar-refractivity contribution >= 4 is 33.4 Å². The number of benzene rings is 2. The minimum absolute atomic E-state index is 0.439. The van der Waals surface area contributed by atoms with Gasteiger partial charge in [-0.15, -0.1) is 11.8 Å². The predicted molar refractivity (Wildman–Crippen MR) is 74.5 cm³/mol. The van der Waals surface area contributed by atoms with E-state index in [9.17, 15) is 8.78 Å². The topological polar surface area (TPSA) is 26.0 Å². The molecule has 0 unspecified atom stereocenters. The number of nitrogens with two attached hydrogens (primary N) is 1. The number of halogens is 3. The lowest BCUT2D eigenvalue weighted by Crippen LogP contribution is -1.90. The zero-order valence-electron chi connectivity index (χ0n) is 9.29. The number of thioether (sulfide) groups is 1. The number of anilines is 1. The predicted octanol–water partition coefficient (Wildman–Crippen LogP) is 4.60. The van der Waals surface area contributed by atoms with Crippen LogP contribution in [-0.2, 0) is 5.75 Å². The van der Waals surface area contributed by atoms with Gasteiger partial charge in [0.15, 0.2) is 0 Å². The molecule has 2 N–H and O–H groups in total. The second-order valence-corrected chi connectivity index (χ2v) is 5.59. The van der Waals surface area contributed by atoms with Crippen molar-refractivity contribution in [3.63, 3.8) is 0 Å². The molecule has 1 nitrogen and oxygen atoms in total. The normalized spacial score (nSPS) is 10.6. The molecule has 0 radical (unpaired) electrons. The zero-order valence-corrected chi connectivity index (χ0v) is 11.7. The minimum atomic E-state index is -0.560. The van der Waals surface area contributed by atoms with Gasteiger partial charge in [0.05, 0.1) is 0 Å². The first-order chi connectivity index (χ1) is 8.56. The molecule has 18 heavy (non-hydrogen) atoms. The maximum Gasteiger partial charge on any atom is 0.130 e. The van der Waals surface area contributed by atoms with Gasteiger partial charge in [0.1, 0.15) is 11.6 Å². The maximum atomic E-state index is 13.4. The Bertz CT molecular complexity index is 523. The molecule has 0 bridgehead atoms. The van der Waals surface area contributed by atoms with Crippen LogP contribution >= 0.6 is 27.7 Å². The molecule has 94 valence electrons. The summed E-state index contributed by atoms with van der Waals surface area (Å²) in [6.45, 7) is 0. The molecule has 0 aliphatic heterocycles. The average molecular weight is 330 g/mol. The van der Waals surface area contributed by atoms with Gasteiger partial charge >= 0.3 is 0 Å². The first-order valence-corrected chi connectivity index (χ1v) is 6.96. The Kier molecular flexibility index (Phi) is 4.24. The molecule has 0 fully saturated rings. The summed E-state index contributed by atoms with van der Waals surface area (Å²) in [5.74, 6) is -0.641. The molecule has 0 aliphatic rings. The maximum absolute atomic E-state index is 13.4. The van der Waals surface area contributed by atoms with Crippen LogP contribution in [0.4, 0.5) is 14.5 Å². The molecule has 2 aromatic carbocycles. The van der Waals surface area contributed by atoms with Gasteiger partial charge in [-0.25, -0.2) is 8.78 Å². The van der Waals surface area contributed by atoms with Gasteiger partial charge < -0.3 is 5.73 Å². The number of nitrogen functional groups attached to an aromatic ring is 1. The fourth-order valence-electron chi connectivity index (χ4n) is 1.43. The van der Waals surface area contributed by atoms with Crippen LogP contribution in [0.5, 0.6) is 0 Å². The van der Waals surface area contributed by atoms with Crippen molar-refractivity contribution in [2.24, 2.45) is 0 Å². The van der Waals surface area contributed by atoms with Gasteiger partial charge in [-0.1, -0.05) is 6.07 Å². The van der Waals surface area contributed by atoms with E-state index in [1.165, 1.54) is 23.9 Å². The van der Waals surface area contributed by atoms with Crippen molar-refractivity contribution in [3.8, 4) is 0 Å². The van der Waals surface area contributed by atoms with Crippen molar-refractivity contribution in [1.82, 2.24) is 0 Å². The SMILES string of the molecule is Nc1ccc(SCc2ccc(F)cc2F)c(Br)c1. The van der Waals surface area contributed by atoms with Gasteiger partial charge in [-0.2, -0.15) is 0 Å². The first-order valence-electron chi connectivity index (χ1n) is 5.18. The van der Waals surface area contributed by atoms with Crippen LogP contribution in [-0.4, -0.2) is 0 Å². The molecule has 0 saturated carbocycles. The van der Waals surface area contributed by atoms with Crippen molar-refractivity contribution in [2.75, 3.05) is 5.73 Å². The van der Waals surface area contributed by atoms with Crippen LogP contribution in [0, 0.1) is 11.6 Å². The first kappa shape index (κ1) is 13.4. The number of hydrogen-bond donors (Lipinski definition) is 1. The lowest BCUT2D eigenvalue weighted by Gasteiger charge is -2.06. The molecule has 0 spiro atoms. The van der Waals surface area contributed by atoms with Gasteiger partial charge in [0.25, 0.3) is 0 Å². The summed E-state index contributed by atoms with van der Waals surface area (Å²) in [7, 11) is 0. The molecular formula is C13H10BrF2NS. The zero-order chi connectivity index (χ0) is 13.1. The summed E-state index contributed by atoms with van der Waals surface area (Å²) >= 11 is 4.86. The van der Waals surface area contributed by atoms with E-state index in [0.717, 1.165) is 15.4 Å². The molecular weight excluding hydrogens is 320 g/mol. The second kappa shape index (κ2) is 5.71. The summed E-state index contributed by atoms with van der Waals surface area (Å²) < 4.78 is 27.1. The van der Waals surface area contributed by atoms with Gasteiger partial charge in [0, 0.05) is 26.9 Å². The summed E-state index contributed by atoms with van der Waals surface area (Å²) in [5, 5.41) is 0. The third kappa shape index (κ3) is 3.23. The Labute approximate surface area is 117 Å². The largest absolute Gasteiger partial charge is 0.399 e. The lowest BCUT2D eigenvalue weighted by atomic mass is 10.2. The molecule has 0 atom stereocenters. The summed E-state index contributed by atoms with van der Waals surface area (Å²) in [6.07, 6.45) is 0. The number of hydrogen-bond acceptors (Lipinski definition) is 2. The van der Waals surface area contributed by atoms with Gasteiger partial charge in [-0.3, -0.25) is 0 Å². The third-order valence-corrected chi connectivity index (χ3v) is 4.40. The molecule has 2 aromatic rings. The van der Waals surface area contributed by atoms with E-state index in [4.69, 9.17) is 5.73 Å². The highest BCUT2D eigenvalue weighted by molar-refractivity contribution is 9.10. The summed E-state index contributed by atoms with van der Waals surface area (Å²) in [5.41, 5.74) is 6.78. The van der Waals surface area contributed by atoms with E-state index in [-0.39, 0.29) is 0 Å². The molecule has 0 saturated heterocycles. The Morgan fingerprint density at radius 3 is 2.56 bits per heavy atom. The molecule has 5 heteroatoms. The van der Waals surface area contributed by atoms with Crippen LogP contribution in [0.2, 0.25) is 0 Å². The average Bonchev–Trinajstić information content (AvgIpc) is 2.30. The van der Waals surface area contributed by atoms with E-state index in [1.807, 2.05) is 6.07 Å². The Balaban J connectivity index is 2.11. The van der Waals surface area contributed by atoms with Crippen LogP contribution in [0.3, 0.4) is 0 Å². The fraction of sp³-hybridized carbons (Fsp3) is 0.0769. The van der Waals surface area contributed by atoms with E-state index >= 15 is 0 Å². The third-order valence-electron chi connectivity index (χ3n) is 2.35. The van der Waals surface area contributed by atoms with Crippen molar-refractivity contribution < 1.29 is 8.78 Å². The standard InChI is InChI=1S/C13H10BrF2NS/c14-11-6-10(17)3-4-13(11)18-7-8-1-2-9(15)5-12(8)16/h1-6H,7,17H2. The van der Waals surface area contributed by atoms with Crippen LogP contribution in [0.25, 0.3) is 0 Å². The van der Waals surface area contributed by atoms with Crippen molar-refractivity contribution in [1.29, 1.82) is 0 Å². The van der Waals surface area contributed by atoms with E-state index in [0.29, 0.717) is 17.0 Å². The fourth-order valence-corrected chi connectivity index (χ4v) is 3.07. The number of rotatable bonds is 3. The smallest absolute Gasteiger partial charge is 0.130 e. The van der Waals surface area contributed by atoms with Crippen LogP contribution in [0.15, 0.2) is 45.8 Å². The quantitative estimate of drug-likeness (QED) is 0.657. The highest BCUT2D eigenvalue weighted by Crippen LogP contribution is 2.32. The van der Waals surface area contributed by atoms with Crippen molar-refractivity contribution in [2.45, 2.75) is 10.6 Å². The summed E-state index contributed by atoms with van der Waals surface area (Å²) in [4.78, 5) is 0.966. The van der Waals surface area contributed by atoms with E-state index in [1.54, 1.807) is 12.1 Å². The van der Waals surface area contributed by atoms with Gasteiger partial charge in [0.2, 0.25) is 0 Å². The van der Waals surface area contributed by atoms with E-state index < -0.39 is 11.6 Å². The molecule has 0 aromatic heterocycles. The molecule has 0 aliphatic carbocycles. The molecule has 0 amide bonds. The van der Waals surface area contributed by atoms with Crippen LogP contribution < -0.4 is 5.73 Å². The Morgan fingerprint density at radius 2 is 1.89 bits per heavy atom. The monoisotopic (exact) mass is 329 g/mol. The molecule has 0 heterocycles. The highest BCUT2D eigenvalue weighted by Gasteiger charge is 2.06. The van der Waals surface area contributed by atoms with Gasteiger partial charge in [-0.05, 0) is 45.8 Å². The van der Waals surface area contributed by atoms with Crippen LogP contribution in [0.1, 0.15) is 5.56 Å². The lowest BCUT2D eigenvalue weighted by molar-refractivity contribution is 0.576. The highest BCUT2D eigenvalue weighted by atomic mass is 79.9. The Hall–Kier alpha value is -1.07. The molecule has 2 rings (SSSR count).